The van der Waals surface area contributed by atoms with Crippen LogP contribution in [0.2, 0.25) is 0 Å². The van der Waals surface area contributed by atoms with Crippen LogP contribution in [0.4, 0.5) is 4.39 Å². The van der Waals surface area contributed by atoms with Gasteiger partial charge in [-0.05, 0) is 24.6 Å². The monoisotopic (exact) mass is 276 g/mol. The Labute approximate surface area is 116 Å². The molecular formula is C15H17FN2O2. The van der Waals surface area contributed by atoms with Crippen LogP contribution in [0.25, 0.3) is 10.9 Å². The first-order valence-electron chi connectivity index (χ1n) is 6.72. The third kappa shape index (κ3) is 3.04. The Bertz CT molecular complexity index is 634. The summed E-state index contributed by atoms with van der Waals surface area (Å²) in [6.07, 6.45) is 4.34. The summed E-state index contributed by atoms with van der Waals surface area (Å²) in [4.78, 5) is 26.7. The maximum Gasteiger partial charge on any atom is 0.292 e. The number of aromatic amines is 1. The second-order valence-corrected chi connectivity index (χ2v) is 4.68. The Morgan fingerprint density at radius 2 is 2.10 bits per heavy atom. The number of benzene rings is 1. The molecule has 1 amide bonds. The molecule has 0 saturated carbocycles. The highest BCUT2D eigenvalue weighted by molar-refractivity contribution is 6.44. The van der Waals surface area contributed by atoms with E-state index in [1.165, 1.54) is 18.3 Å². The lowest BCUT2D eigenvalue weighted by atomic mass is 10.1. The van der Waals surface area contributed by atoms with Gasteiger partial charge in [0.1, 0.15) is 5.82 Å². The normalized spacial score (nSPS) is 10.7. The number of halogens is 1. The number of fused-ring (bicyclic) bond motifs is 1. The van der Waals surface area contributed by atoms with Crippen LogP contribution >= 0.6 is 0 Å². The molecule has 2 aromatic rings. The zero-order valence-corrected chi connectivity index (χ0v) is 11.3. The summed E-state index contributed by atoms with van der Waals surface area (Å²) in [5, 5.41) is 3.02. The molecule has 20 heavy (non-hydrogen) atoms. The maximum atomic E-state index is 13.2. The zero-order valence-electron chi connectivity index (χ0n) is 11.3. The summed E-state index contributed by atoms with van der Waals surface area (Å²) in [5.41, 5.74) is 0.834. The van der Waals surface area contributed by atoms with Gasteiger partial charge in [-0.3, -0.25) is 9.59 Å². The van der Waals surface area contributed by atoms with E-state index in [-0.39, 0.29) is 5.56 Å². The molecule has 5 heteroatoms. The van der Waals surface area contributed by atoms with Crippen molar-refractivity contribution in [3.05, 3.63) is 35.8 Å². The highest BCUT2D eigenvalue weighted by atomic mass is 19.1. The number of aromatic nitrogens is 1. The quantitative estimate of drug-likeness (QED) is 0.484. The molecule has 4 nitrogen and oxygen atoms in total. The standard InChI is InChI=1S/C15H17FN2O2/c1-2-3-4-7-17-15(20)14(19)12-9-18-13-6-5-10(16)8-11(12)13/h5-6,8-9,18H,2-4,7H2,1H3,(H,17,20). The summed E-state index contributed by atoms with van der Waals surface area (Å²) < 4.78 is 13.2. The van der Waals surface area contributed by atoms with Crippen molar-refractivity contribution in [2.45, 2.75) is 26.2 Å². The van der Waals surface area contributed by atoms with Gasteiger partial charge in [0, 0.05) is 23.6 Å². The van der Waals surface area contributed by atoms with Crippen LogP contribution in [0, 0.1) is 5.82 Å². The smallest absolute Gasteiger partial charge is 0.292 e. The van der Waals surface area contributed by atoms with E-state index in [2.05, 4.69) is 17.2 Å². The fraction of sp³-hybridized carbons (Fsp3) is 0.333. The summed E-state index contributed by atoms with van der Waals surface area (Å²) in [7, 11) is 0. The number of amides is 1. The van der Waals surface area contributed by atoms with Crippen LogP contribution in [0.15, 0.2) is 24.4 Å². The first kappa shape index (κ1) is 14.2. The van der Waals surface area contributed by atoms with Crippen LogP contribution in [0.3, 0.4) is 0 Å². The Hall–Kier alpha value is -2.17. The van der Waals surface area contributed by atoms with Crippen LogP contribution in [0.5, 0.6) is 0 Å². The highest BCUT2D eigenvalue weighted by Crippen LogP contribution is 2.19. The van der Waals surface area contributed by atoms with Gasteiger partial charge in [0.15, 0.2) is 0 Å². The zero-order chi connectivity index (χ0) is 14.5. The minimum atomic E-state index is -0.647. The molecule has 0 aliphatic rings. The molecule has 0 aliphatic carbocycles. The molecule has 1 heterocycles. The van der Waals surface area contributed by atoms with Crippen molar-refractivity contribution in [2.75, 3.05) is 6.54 Å². The number of hydrogen-bond acceptors (Lipinski definition) is 2. The van der Waals surface area contributed by atoms with Crippen molar-refractivity contribution in [1.29, 1.82) is 0 Å². The number of nitrogens with one attached hydrogen (secondary N) is 2. The van der Waals surface area contributed by atoms with Gasteiger partial charge in [-0.25, -0.2) is 4.39 Å². The number of H-pyrrole nitrogens is 1. The van der Waals surface area contributed by atoms with E-state index in [4.69, 9.17) is 0 Å². The van der Waals surface area contributed by atoms with Crippen molar-refractivity contribution in [3.63, 3.8) is 0 Å². The van der Waals surface area contributed by atoms with Crippen molar-refractivity contribution < 1.29 is 14.0 Å². The van der Waals surface area contributed by atoms with E-state index in [1.54, 1.807) is 6.07 Å². The molecule has 0 bridgehead atoms. The number of hydrogen-bond donors (Lipinski definition) is 2. The number of Topliss-reactive ketones (excluding diaryl/α,β-unsaturated/α-hetero) is 1. The summed E-state index contributed by atoms with van der Waals surface area (Å²) in [5.74, 6) is -1.72. The predicted molar refractivity (Wildman–Crippen MR) is 75.1 cm³/mol. The lowest BCUT2D eigenvalue weighted by molar-refractivity contribution is -0.117. The number of carbonyl (C=O) groups is 2. The number of carbonyl (C=O) groups excluding carboxylic acids is 2. The van der Waals surface area contributed by atoms with E-state index in [0.29, 0.717) is 17.4 Å². The summed E-state index contributed by atoms with van der Waals surface area (Å²) in [6, 6.07) is 4.10. The Morgan fingerprint density at radius 3 is 2.85 bits per heavy atom. The molecule has 0 unspecified atom stereocenters. The van der Waals surface area contributed by atoms with Gasteiger partial charge >= 0.3 is 0 Å². The second kappa shape index (κ2) is 6.32. The van der Waals surface area contributed by atoms with Gasteiger partial charge < -0.3 is 10.3 Å². The van der Waals surface area contributed by atoms with Crippen LogP contribution in [-0.4, -0.2) is 23.2 Å². The summed E-state index contributed by atoms with van der Waals surface area (Å²) >= 11 is 0. The first-order valence-corrected chi connectivity index (χ1v) is 6.72. The lowest BCUT2D eigenvalue weighted by Gasteiger charge is -2.03. The fourth-order valence-electron chi connectivity index (χ4n) is 2.06. The predicted octanol–water partition coefficient (Wildman–Crippen LogP) is 2.80. The molecule has 0 saturated heterocycles. The van der Waals surface area contributed by atoms with E-state index >= 15 is 0 Å². The molecule has 1 aromatic carbocycles. The van der Waals surface area contributed by atoms with Crippen molar-refractivity contribution >= 4 is 22.6 Å². The molecule has 0 radical (unpaired) electrons. The topological polar surface area (TPSA) is 62.0 Å². The lowest BCUT2D eigenvalue weighted by Crippen LogP contribution is -2.31. The van der Waals surface area contributed by atoms with E-state index in [0.717, 1.165) is 19.3 Å². The molecule has 0 fully saturated rings. The molecule has 1 aromatic heterocycles. The molecular weight excluding hydrogens is 259 g/mol. The minimum absolute atomic E-state index is 0.201. The number of ketones is 1. The SMILES string of the molecule is CCCCCNC(=O)C(=O)c1c[nH]c2ccc(F)cc12. The maximum absolute atomic E-state index is 13.2. The number of rotatable bonds is 6. The molecule has 2 N–H and O–H groups in total. The third-order valence-corrected chi connectivity index (χ3v) is 3.16. The molecule has 0 atom stereocenters. The van der Waals surface area contributed by atoms with Crippen molar-refractivity contribution in [2.24, 2.45) is 0 Å². The average Bonchev–Trinajstić information content (AvgIpc) is 2.85. The third-order valence-electron chi connectivity index (χ3n) is 3.16. The van der Waals surface area contributed by atoms with Gasteiger partial charge in [-0.2, -0.15) is 0 Å². The van der Waals surface area contributed by atoms with E-state index < -0.39 is 17.5 Å². The number of unbranched alkanes of at least 4 members (excludes halogenated alkanes) is 2. The largest absolute Gasteiger partial charge is 0.360 e. The van der Waals surface area contributed by atoms with Gasteiger partial charge in [0.25, 0.3) is 11.7 Å². The fourth-order valence-corrected chi connectivity index (χ4v) is 2.06. The molecule has 0 spiro atoms. The van der Waals surface area contributed by atoms with Crippen LogP contribution in [0.1, 0.15) is 36.5 Å². The Balaban J connectivity index is 2.11. The highest BCUT2D eigenvalue weighted by Gasteiger charge is 2.19. The molecule has 2 rings (SSSR count). The summed E-state index contributed by atoms with van der Waals surface area (Å²) in [6.45, 7) is 2.54. The molecule has 0 aliphatic heterocycles. The van der Waals surface area contributed by atoms with Gasteiger partial charge in [0.2, 0.25) is 0 Å². The second-order valence-electron chi connectivity index (χ2n) is 4.68. The molecule has 106 valence electrons. The van der Waals surface area contributed by atoms with Gasteiger partial charge in [-0.15, -0.1) is 0 Å². The van der Waals surface area contributed by atoms with Gasteiger partial charge in [-0.1, -0.05) is 19.8 Å². The van der Waals surface area contributed by atoms with Crippen LogP contribution in [-0.2, 0) is 4.79 Å². The first-order chi connectivity index (χ1) is 9.63. The van der Waals surface area contributed by atoms with Crippen LogP contribution < -0.4 is 5.32 Å². The van der Waals surface area contributed by atoms with E-state index in [9.17, 15) is 14.0 Å². The Kier molecular flexibility index (Phi) is 4.50. The van der Waals surface area contributed by atoms with Crippen molar-refractivity contribution in [3.8, 4) is 0 Å². The van der Waals surface area contributed by atoms with Gasteiger partial charge in [0.05, 0.1) is 5.56 Å². The Morgan fingerprint density at radius 1 is 1.30 bits per heavy atom. The average molecular weight is 276 g/mol. The minimum Gasteiger partial charge on any atom is -0.360 e. The van der Waals surface area contributed by atoms with Crippen molar-refractivity contribution in [1.82, 2.24) is 10.3 Å². The van der Waals surface area contributed by atoms with E-state index in [1.807, 2.05) is 0 Å².